The molecule has 150 valence electrons. The third kappa shape index (κ3) is 4.73. The van der Waals surface area contributed by atoms with E-state index >= 15 is 0 Å². The van der Waals surface area contributed by atoms with Crippen LogP contribution in [-0.4, -0.2) is 33.6 Å². The van der Waals surface area contributed by atoms with Gasteiger partial charge in [-0.05, 0) is 61.9 Å². The van der Waals surface area contributed by atoms with E-state index in [1.807, 2.05) is 6.92 Å². The highest BCUT2D eigenvalue weighted by atomic mass is 32.2. The van der Waals surface area contributed by atoms with E-state index in [0.717, 1.165) is 5.56 Å². The maximum absolute atomic E-state index is 12.4. The van der Waals surface area contributed by atoms with Crippen LogP contribution in [0.3, 0.4) is 0 Å². The zero-order valence-corrected chi connectivity index (χ0v) is 16.4. The number of ether oxygens (including phenoxy) is 3. The van der Waals surface area contributed by atoms with Gasteiger partial charge in [0, 0.05) is 6.42 Å². The number of nitrogens with one attached hydrogen (secondary N) is 2. The van der Waals surface area contributed by atoms with Crippen LogP contribution in [-0.2, 0) is 21.2 Å². The minimum Gasteiger partial charge on any atom is -0.494 e. The fourth-order valence-corrected chi connectivity index (χ4v) is 3.54. The summed E-state index contributed by atoms with van der Waals surface area (Å²) in [7, 11) is -3.90. The van der Waals surface area contributed by atoms with E-state index in [0.29, 0.717) is 36.9 Å². The molecular formula is C19H22N2O6S. The molecule has 1 atom stereocenters. The summed E-state index contributed by atoms with van der Waals surface area (Å²) < 4.78 is 41.0. The van der Waals surface area contributed by atoms with Crippen molar-refractivity contribution in [3.63, 3.8) is 0 Å². The standard InChI is InChI=1S/C19H22N2O6S/c1-3-25-15-4-6-16(7-5-15)27-13(2)19(22)20-21-28(23,24)17-8-9-18-14(12-17)10-11-26-18/h4-9,12-13,21H,3,10-11H2,1-2H3,(H,20,22). The fourth-order valence-electron chi connectivity index (χ4n) is 2.65. The summed E-state index contributed by atoms with van der Waals surface area (Å²) in [6.45, 7) is 4.49. The minimum absolute atomic E-state index is 0.0529. The van der Waals surface area contributed by atoms with Crippen LogP contribution < -0.4 is 24.5 Å². The van der Waals surface area contributed by atoms with Crippen LogP contribution in [0.4, 0.5) is 0 Å². The zero-order chi connectivity index (χ0) is 20.1. The van der Waals surface area contributed by atoms with E-state index in [4.69, 9.17) is 14.2 Å². The Morgan fingerprint density at radius 2 is 1.89 bits per heavy atom. The number of hydrazine groups is 1. The van der Waals surface area contributed by atoms with Crippen molar-refractivity contribution in [3.05, 3.63) is 48.0 Å². The zero-order valence-electron chi connectivity index (χ0n) is 15.6. The second-order valence-electron chi connectivity index (χ2n) is 6.13. The van der Waals surface area contributed by atoms with Gasteiger partial charge in [0.05, 0.1) is 18.1 Å². The Hall–Kier alpha value is -2.78. The quantitative estimate of drug-likeness (QED) is 0.648. The van der Waals surface area contributed by atoms with E-state index in [1.54, 1.807) is 30.3 Å². The molecule has 1 unspecified atom stereocenters. The summed E-state index contributed by atoms with van der Waals surface area (Å²) in [6, 6.07) is 11.4. The molecule has 1 heterocycles. The molecule has 0 saturated carbocycles. The van der Waals surface area contributed by atoms with Crippen molar-refractivity contribution in [2.45, 2.75) is 31.3 Å². The van der Waals surface area contributed by atoms with Crippen molar-refractivity contribution < 1.29 is 27.4 Å². The molecule has 9 heteroatoms. The van der Waals surface area contributed by atoms with Crippen molar-refractivity contribution in [2.75, 3.05) is 13.2 Å². The Morgan fingerprint density at radius 1 is 1.18 bits per heavy atom. The smallest absolute Gasteiger partial charge is 0.275 e. The van der Waals surface area contributed by atoms with Crippen molar-refractivity contribution in [1.82, 2.24) is 10.3 Å². The Morgan fingerprint density at radius 3 is 2.61 bits per heavy atom. The number of fused-ring (bicyclic) bond motifs is 1. The molecule has 0 spiro atoms. The second kappa shape index (κ2) is 8.49. The Bertz CT molecular complexity index is 943. The number of sulfonamides is 1. The molecule has 0 saturated heterocycles. The molecule has 28 heavy (non-hydrogen) atoms. The van der Waals surface area contributed by atoms with Crippen LogP contribution in [0.15, 0.2) is 47.4 Å². The van der Waals surface area contributed by atoms with Crippen LogP contribution in [0, 0.1) is 0 Å². The average molecular weight is 406 g/mol. The van der Waals surface area contributed by atoms with Crippen molar-refractivity contribution in [3.8, 4) is 17.2 Å². The Balaban J connectivity index is 1.56. The van der Waals surface area contributed by atoms with Gasteiger partial charge in [0.25, 0.3) is 15.9 Å². The van der Waals surface area contributed by atoms with Crippen molar-refractivity contribution in [1.29, 1.82) is 0 Å². The predicted octanol–water partition coefficient (Wildman–Crippen LogP) is 1.80. The van der Waals surface area contributed by atoms with E-state index in [2.05, 4.69) is 10.3 Å². The van der Waals surface area contributed by atoms with Crippen LogP contribution in [0.1, 0.15) is 19.4 Å². The van der Waals surface area contributed by atoms with Gasteiger partial charge in [-0.15, -0.1) is 4.83 Å². The lowest BCUT2D eigenvalue weighted by atomic mass is 10.2. The maximum atomic E-state index is 12.4. The monoisotopic (exact) mass is 406 g/mol. The molecule has 0 aromatic heterocycles. The van der Waals surface area contributed by atoms with Gasteiger partial charge in [0.2, 0.25) is 0 Å². The number of rotatable bonds is 8. The van der Waals surface area contributed by atoms with Crippen molar-refractivity contribution in [2.24, 2.45) is 0 Å². The minimum atomic E-state index is -3.90. The first-order valence-corrected chi connectivity index (χ1v) is 10.3. The van der Waals surface area contributed by atoms with Gasteiger partial charge in [-0.2, -0.15) is 0 Å². The summed E-state index contributed by atoms with van der Waals surface area (Å²) in [4.78, 5) is 14.3. The van der Waals surface area contributed by atoms with Crippen LogP contribution in [0.5, 0.6) is 17.2 Å². The normalized spacial score (nSPS) is 13.9. The SMILES string of the molecule is CCOc1ccc(OC(C)C(=O)NNS(=O)(=O)c2ccc3c(c2)CCO3)cc1. The first-order valence-electron chi connectivity index (χ1n) is 8.86. The van der Waals surface area contributed by atoms with Gasteiger partial charge in [0.1, 0.15) is 17.2 Å². The molecule has 0 fully saturated rings. The van der Waals surface area contributed by atoms with Crippen molar-refractivity contribution >= 4 is 15.9 Å². The summed E-state index contributed by atoms with van der Waals surface area (Å²) in [5, 5.41) is 0. The molecule has 1 aliphatic rings. The molecule has 2 aromatic carbocycles. The molecule has 2 aromatic rings. The van der Waals surface area contributed by atoms with Crippen LogP contribution in [0.2, 0.25) is 0 Å². The molecule has 0 aliphatic carbocycles. The number of carbonyl (C=O) groups excluding carboxylic acids is 1. The summed E-state index contributed by atoms with van der Waals surface area (Å²) in [5.74, 6) is 1.22. The maximum Gasteiger partial charge on any atom is 0.275 e. The van der Waals surface area contributed by atoms with Gasteiger partial charge in [-0.3, -0.25) is 10.2 Å². The Labute approximate surface area is 163 Å². The molecule has 1 amide bonds. The third-order valence-electron chi connectivity index (χ3n) is 4.10. The molecule has 8 nitrogen and oxygen atoms in total. The molecule has 0 bridgehead atoms. The lowest BCUT2D eigenvalue weighted by Crippen LogP contribution is -2.47. The topological polar surface area (TPSA) is 103 Å². The van der Waals surface area contributed by atoms with E-state index in [-0.39, 0.29) is 4.90 Å². The first kappa shape index (κ1) is 20.0. The highest BCUT2D eigenvalue weighted by Gasteiger charge is 2.22. The molecule has 1 aliphatic heterocycles. The lowest BCUT2D eigenvalue weighted by Gasteiger charge is -2.15. The molecule has 0 radical (unpaired) electrons. The predicted molar refractivity (Wildman–Crippen MR) is 102 cm³/mol. The van der Waals surface area contributed by atoms with Gasteiger partial charge >= 0.3 is 0 Å². The molecular weight excluding hydrogens is 384 g/mol. The highest BCUT2D eigenvalue weighted by molar-refractivity contribution is 7.89. The summed E-state index contributed by atoms with van der Waals surface area (Å²) in [6.07, 6.45) is -0.257. The second-order valence-corrected chi connectivity index (χ2v) is 7.81. The number of carbonyl (C=O) groups is 1. The summed E-state index contributed by atoms with van der Waals surface area (Å²) >= 11 is 0. The van der Waals surface area contributed by atoms with Crippen LogP contribution >= 0.6 is 0 Å². The third-order valence-corrected chi connectivity index (χ3v) is 5.34. The fraction of sp³-hybridized carbons (Fsp3) is 0.316. The van der Waals surface area contributed by atoms with E-state index in [9.17, 15) is 13.2 Å². The first-order chi connectivity index (χ1) is 13.4. The number of benzene rings is 2. The van der Waals surface area contributed by atoms with Gasteiger partial charge in [-0.1, -0.05) is 0 Å². The number of hydrogen-bond donors (Lipinski definition) is 2. The van der Waals surface area contributed by atoms with E-state index < -0.39 is 22.0 Å². The number of hydrogen-bond acceptors (Lipinski definition) is 6. The lowest BCUT2D eigenvalue weighted by molar-refractivity contribution is -0.127. The van der Waals surface area contributed by atoms with E-state index in [1.165, 1.54) is 19.1 Å². The number of amides is 1. The molecule has 2 N–H and O–H groups in total. The molecule has 3 rings (SSSR count). The Kier molecular flexibility index (Phi) is 6.05. The average Bonchev–Trinajstić information content (AvgIpc) is 3.15. The van der Waals surface area contributed by atoms with Gasteiger partial charge in [-0.25, -0.2) is 8.42 Å². The largest absolute Gasteiger partial charge is 0.494 e. The van der Waals surface area contributed by atoms with Gasteiger partial charge in [0.15, 0.2) is 6.10 Å². The summed E-state index contributed by atoms with van der Waals surface area (Å²) in [5.41, 5.74) is 3.00. The van der Waals surface area contributed by atoms with Crippen LogP contribution in [0.25, 0.3) is 0 Å². The highest BCUT2D eigenvalue weighted by Crippen LogP contribution is 2.27. The van der Waals surface area contributed by atoms with Gasteiger partial charge < -0.3 is 14.2 Å².